The van der Waals surface area contributed by atoms with Crippen molar-refractivity contribution in [2.45, 2.75) is 44.8 Å². The molecule has 0 aromatic carbocycles. The fraction of sp³-hybridized carbons (Fsp3) is 0.727. The molecule has 0 spiro atoms. The van der Waals surface area contributed by atoms with Gasteiger partial charge in [-0.3, -0.25) is 4.79 Å². The summed E-state index contributed by atoms with van der Waals surface area (Å²) in [6.07, 6.45) is -2.96. The second-order valence-corrected chi connectivity index (χ2v) is 4.58. The Labute approximate surface area is 103 Å². The fourth-order valence-corrected chi connectivity index (χ4v) is 2.42. The first-order valence-corrected chi connectivity index (χ1v) is 5.70. The minimum atomic E-state index is -2.03. The van der Waals surface area contributed by atoms with E-state index in [-0.39, 0.29) is 11.3 Å². The summed E-state index contributed by atoms with van der Waals surface area (Å²) in [5, 5.41) is 18.1. The number of amides is 2. The summed E-state index contributed by atoms with van der Waals surface area (Å²) in [5.74, 6) is -3.51. The van der Waals surface area contributed by atoms with Gasteiger partial charge in [-0.2, -0.15) is 0 Å². The molecule has 6 nitrogen and oxygen atoms in total. The number of halogens is 1. The predicted molar refractivity (Wildman–Crippen MR) is 58.8 cm³/mol. The number of nitrogens with zero attached hydrogens (tertiary/aromatic N) is 1. The minimum Gasteiger partial charge on any atom is -0.479 e. The molecule has 0 saturated carbocycles. The van der Waals surface area contributed by atoms with Crippen LogP contribution >= 0.6 is 0 Å². The molecule has 1 fully saturated rings. The lowest BCUT2D eigenvalue weighted by molar-refractivity contribution is -0.154. The van der Waals surface area contributed by atoms with Crippen molar-refractivity contribution in [2.24, 2.45) is 5.92 Å². The van der Waals surface area contributed by atoms with E-state index in [2.05, 4.69) is 0 Å². The van der Waals surface area contributed by atoms with Crippen LogP contribution in [0, 0.1) is 5.92 Å². The number of alkyl halides is 1. The quantitative estimate of drug-likeness (QED) is 0.799. The van der Waals surface area contributed by atoms with Crippen LogP contribution in [0.5, 0.6) is 0 Å². The van der Waals surface area contributed by atoms with E-state index in [4.69, 9.17) is 5.11 Å². The molecule has 1 aliphatic heterocycles. The highest BCUT2D eigenvalue weighted by Crippen LogP contribution is 2.40. The number of likely N-dealkylation sites (tertiary alicyclic amines) is 1. The van der Waals surface area contributed by atoms with Crippen LogP contribution in [0.4, 0.5) is 9.18 Å². The van der Waals surface area contributed by atoms with Crippen molar-refractivity contribution >= 4 is 18.0 Å². The first-order valence-electron chi connectivity index (χ1n) is 5.70. The zero-order valence-electron chi connectivity index (χ0n) is 10.2. The Hall–Kier alpha value is -1.66. The van der Waals surface area contributed by atoms with Gasteiger partial charge in [-0.25, -0.2) is 18.9 Å². The Balaban J connectivity index is 3.17. The molecule has 18 heavy (non-hydrogen) atoms. The average molecular weight is 261 g/mol. The molecule has 1 saturated heterocycles. The summed E-state index contributed by atoms with van der Waals surface area (Å²) in [5.41, 5.74) is -2.03. The number of carbonyl (C=O) groups is 3. The molecule has 0 radical (unpaired) electrons. The minimum absolute atomic E-state index is 0.105. The second-order valence-electron chi connectivity index (χ2n) is 4.58. The first kappa shape index (κ1) is 14.4. The van der Waals surface area contributed by atoms with Gasteiger partial charge in [-0.15, -0.1) is 0 Å². The van der Waals surface area contributed by atoms with Crippen LogP contribution in [0.15, 0.2) is 0 Å². The molecule has 7 heteroatoms. The lowest BCUT2D eigenvalue weighted by Crippen LogP contribution is -2.56. The highest BCUT2D eigenvalue weighted by atomic mass is 19.1. The monoisotopic (exact) mass is 261 g/mol. The predicted octanol–water partition coefficient (Wildman–Crippen LogP) is 1.49. The first-order chi connectivity index (χ1) is 8.26. The van der Waals surface area contributed by atoms with Crippen LogP contribution < -0.4 is 0 Å². The maximum absolute atomic E-state index is 13.9. The van der Waals surface area contributed by atoms with Crippen LogP contribution in [0.1, 0.15) is 33.1 Å². The van der Waals surface area contributed by atoms with Gasteiger partial charge in [0.2, 0.25) is 5.91 Å². The molecule has 2 N–H and O–H groups in total. The number of carboxylic acids is 1. The van der Waals surface area contributed by atoms with Crippen molar-refractivity contribution < 1.29 is 29.0 Å². The molecular formula is C11H16FNO5. The fourth-order valence-electron chi connectivity index (χ4n) is 2.42. The van der Waals surface area contributed by atoms with E-state index in [1.54, 1.807) is 6.92 Å². The summed E-state index contributed by atoms with van der Waals surface area (Å²) in [7, 11) is 0. The summed E-state index contributed by atoms with van der Waals surface area (Å²) < 4.78 is 13.9. The standard InChI is InChI=1S/C11H16FNO5/c1-3-4-7(12)6-5-8(14)13(10(17)18)11(6,2)9(15)16/h6-7H,3-5H2,1-2H3,(H,15,16)(H,17,18). The number of hydrogen-bond donors (Lipinski definition) is 2. The van der Waals surface area contributed by atoms with Gasteiger partial charge in [-0.05, 0) is 13.3 Å². The van der Waals surface area contributed by atoms with E-state index in [1.165, 1.54) is 0 Å². The molecule has 0 aromatic rings. The van der Waals surface area contributed by atoms with Crippen LogP contribution in [0.2, 0.25) is 0 Å². The van der Waals surface area contributed by atoms with Crippen molar-refractivity contribution in [2.75, 3.05) is 0 Å². The van der Waals surface area contributed by atoms with Gasteiger partial charge in [0, 0.05) is 12.3 Å². The molecule has 3 atom stereocenters. The van der Waals surface area contributed by atoms with Crippen molar-refractivity contribution in [3.8, 4) is 0 Å². The van der Waals surface area contributed by atoms with Crippen LogP contribution in [0.3, 0.4) is 0 Å². The molecule has 3 unspecified atom stereocenters. The largest absolute Gasteiger partial charge is 0.479 e. The summed E-state index contributed by atoms with van der Waals surface area (Å²) in [6.45, 7) is 2.82. The molecule has 102 valence electrons. The SMILES string of the molecule is CCCC(F)C1CC(=O)N(C(=O)O)C1(C)C(=O)O. The number of rotatable bonds is 4. The molecule has 1 rings (SSSR count). The van der Waals surface area contributed by atoms with E-state index in [1.807, 2.05) is 0 Å². The van der Waals surface area contributed by atoms with Gasteiger partial charge >= 0.3 is 12.1 Å². The van der Waals surface area contributed by atoms with Crippen molar-refractivity contribution in [3.05, 3.63) is 0 Å². The van der Waals surface area contributed by atoms with Crippen LogP contribution in [0.25, 0.3) is 0 Å². The number of carboxylic acid groups (broad SMARTS) is 2. The van der Waals surface area contributed by atoms with E-state index < -0.39 is 42.0 Å². The zero-order valence-corrected chi connectivity index (χ0v) is 10.2. The smallest absolute Gasteiger partial charge is 0.415 e. The molecular weight excluding hydrogens is 245 g/mol. The van der Waals surface area contributed by atoms with Gasteiger partial charge in [0.1, 0.15) is 6.17 Å². The number of aliphatic carboxylic acids is 1. The zero-order chi connectivity index (χ0) is 14.1. The van der Waals surface area contributed by atoms with Gasteiger partial charge in [0.25, 0.3) is 0 Å². The van der Waals surface area contributed by atoms with Crippen molar-refractivity contribution in [3.63, 3.8) is 0 Å². The highest BCUT2D eigenvalue weighted by Gasteiger charge is 2.60. The van der Waals surface area contributed by atoms with E-state index >= 15 is 0 Å². The lowest BCUT2D eigenvalue weighted by Gasteiger charge is -2.33. The summed E-state index contributed by atoms with van der Waals surface area (Å²) in [6, 6.07) is 0. The second kappa shape index (κ2) is 4.91. The molecule has 1 heterocycles. The van der Waals surface area contributed by atoms with Gasteiger partial charge in [0.05, 0.1) is 0 Å². The molecule has 0 aliphatic carbocycles. The maximum atomic E-state index is 13.9. The van der Waals surface area contributed by atoms with Crippen molar-refractivity contribution in [1.82, 2.24) is 4.90 Å². The Morgan fingerprint density at radius 3 is 2.50 bits per heavy atom. The normalized spacial score (nSPS) is 29.4. The van der Waals surface area contributed by atoms with E-state index in [9.17, 15) is 23.9 Å². The molecule has 1 aliphatic rings. The van der Waals surface area contributed by atoms with E-state index in [0.29, 0.717) is 6.42 Å². The third-order valence-corrected chi connectivity index (χ3v) is 3.46. The Morgan fingerprint density at radius 1 is 1.56 bits per heavy atom. The number of hydrogen-bond acceptors (Lipinski definition) is 3. The number of carbonyl (C=O) groups excluding carboxylic acids is 1. The van der Waals surface area contributed by atoms with Gasteiger partial charge in [-0.1, -0.05) is 13.3 Å². The average Bonchev–Trinajstić information content (AvgIpc) is 2.52. The molecule has 0 bridgehead atoms. The van der Waals surface area contributed by atoms with E-state index in [0.717, 1.165) is 6.92 Å². The number of imide groups is 1. The van der Waals surface area contributed by atoms with Crippen molar-refractivity contribution in [1.29, 1.82) is 0 Å². The third-order valence-electron chi connectivity index (χ3n) is 3.46. The lowest BCUT2D eigenvalue weighted by atomic mass is 9.81. The Morgan fingerprint density at radius 2 is 2.11 bits per heavy atom. The summed E-state index contributed by atoms with van der Waals surface area (Å²) in [4.78, 5) is 34.1. The maximum Gasteiger partial charge on any atom is 0.415 e. The third kappa shape index (κ3) is 2.04. The van der Waals surface area contributed by atoms with Gasteiger partial charge in [0.15, 0.2) is 5.54 Å². The molecule has 0 aromatic heterocycles. The van der Waals surface area contributed by atoms with Crippen LogP contribution in [-0.4, -0.2) is 44.8 Å². The Bertz CT molecular complexity index is 386. The van der Waals surface area contributed by atoms with Gasteiger partial charge < -0.3 is 10.2 Å². The van der Waals surface area contributed by atoms with Crippen LogP contribution in [-0.2, 0) is 9.59 Å². The Kier molecular flexibility index (Phi) is 3.93. The highest BCUT2D eigenvalue weighted by molar-refractivity contribution is 6.01. The summed E-state index contributed by atoms with van der Waals surface area (Å²) >= 11 is 0. The molecule has 2 amide bonds. The topological polar surface area (TPSA) is 94.9 Å².